The molecule has 0 heterocycles. The van der Waals surface area contributed by atoms with E-state index in [-0.39, 0.29) is 25.1 Å². The summed E-state index contributed by atoms with van der Waals surface area (Å²) in [4.78, 5) is 11.6. The number of rotatable bonds is 7. The quantitative estimate of drug-likeness (QED) is 0.652. The fraction of sp³-hybridized carbons (Fsp3) is 0.278. The zero-order valence-corrected chi connectivity index (χ0v) is 14.9. The minimum absolute atomic E-state index is 0.0124. The van der Waals surface area contributed by atoms with Crippen LogP contribution >= 0.6 is 15.9 Å². The molecule has 5 nitrogen and oxygen atoms in total. The molecule has 0 aliphatic rings. The number of hydrogen-bond donors (Lipinski definition) is 3. The van der Waals surface area contributed by atoms with Crippen LogP contribution in [-0.4, -0.2) is 29.0 Å². The van der Waals surface area contributed by atoms with E-state index in [1.165, 1.54) is 12.1 Å². The number of hydrogen-bond acceptors (Lipinski definition) is 4. The molecule has 2 rings (SSSR count). The minimum atomic E-state index is -1.40. The summed E-state index contributed by atoms with van der Waals surface area (Å²) in [6.07, 6.45) is -3.22. The molecule has 25 heavy (non-hydrogen) atoms. The molecule has 0 radical (unpaired) electrons. The second-order valence-electron chi connectivity index (χ2n) is 5.42. The Kier molecular flexibility index (Phi) is 7.36. The van der Waals surface area contributed by atoms with Crippen LogP contribution in [-0.2, 0) is 11.3 Å². The van der Waals surface area contributed by atoms with Crippen LogP contribution in [0.2, 0.25) is 0 Å². The van der Waals surface area contributed by atoms with Crippen molar-refractivity contribution in [3.8, 4) is 0 Å². The van der Waals surface area contributed by atoms with Gasteiger partial charge in [-0.25, -0.2) is 9.18 Å². The van der Waals surface area contributed by atoms with Gasteiger partial charge in [-0.1, -0.05) is 52.3 Å². The molecule has 7 heteroatoms. The van der Waals surface area contributed by atoms with Gasteiger partial charge in [0, 0.05) is 16.6 Å². The van der Waals surface area contributed by atoms with E-state index in [0.29, 0.717) is 4.47 Å². The average molecular weight is 412 g/mol. The topological polar surface area (TPSA) is 78.8 Å². The summed E-state index contributed by atoms with van der Waals surface area (Å²) in [5.41, 5.74) is 0.846. The van der Waals surface area contributed by atoms with Gasteiger partial charge in [0.15, 0.2) is 0 Å². The molecule has 0 aliphatic carbocycles. The normalized spacial score (nSPS) is 13.1. The van der Waals surface area contributed by atoms with E-state index in [2.05, 4.69) is 21.2 Å². The van der Waals surface area contributed by atoms with Crippen LogP contribution < -0.4 is 5.32 Å². The van der Waals surface area contributed by atoms with E-state index in [4.69, 9.17) is 4.74 Å². The third-order valence-corrected chi connectivity index (χ3v) is 4.27. The molecule has 2 aromatic carbocycles. The van der Waals surface area contributed by atoms with Crippen molar-refractivity contribution in [3.63, 3.8) is 0 Å². The van der Waals surface area contributed by atoms with E-state index in [0.717, 1.165) is 5.56 Å². The Hall–Kier alpha value is -1.96. The van der Waals surface area contributed by atoms with Gasteiger partial charge >= 0.3 is 6.09 Å². The second kappa shape index (κ2) is 9.50. The van der Waals surface area contributed by atoms with E-state index >= 15 is 0 Å². The molecule has 0 saturated heterocycles. The number of benzene rings is 2. The van der Waals surface area contributed by atoms with Crippen molar-refractivity contribution in [3.05, 3.63) is 69.9 Å². The van der Waals surface area contributed by atoms with Crippen LogP contribution in [0.5, 0.6) is 0 Å². The van der Waals surface area contributed by atoms with E-state index in [9.17, 15) is 19.4 Å². The Balaban J connectivity index is 1.76. The van der Waals surface area contributed by atoms with Gasteiger partial charge in [-0.2, -0.15) is 0 Å². The monoisotopic (exact) mass is 411 g/mol. The number of halogens is 2. The Morgan fingerprint density at radius 3 is 2.56 bits per heavy atom. The number of ether oxygens (including phenoxy) is 1. The highest BCUT2D eigenvalue weighted by Gasteiger charge is 2.23. The summed E-state index contributed by atoms with van der Waals surface area (Å²) in [5, 5.41) is 22.6. The van der Waals surface area contributed by atoms with Crippen molar-refractivity contribution in [2.45, 2.75) is 25.2 Å². The zero-order chi connectivity index (χ0) is 18.2. The van der Waals surface area contributed by atoms with Crippen molar-refractivity contribution < 1.29 is 24.1 Å². The van der Waals surface area contributed by atoms with Crippen molar-refractivity contribution in [1.82, 2.24) is 5.32 Å². The number of carbonyl (C=O) groups is 1. The molecule has 3 N–H and O–H groups in total. The predicted molar refractivity (Wildman–Crippen MR) is 94.3 cm³/mol. The van der Waals surface area contributed by atoms with Crippen molar-refractivity contribution >= 4 is 22.0 Å². The van der Waals surface area contributed by atoms with Gasteiger partial charge in [-0.05, 0) is 24.1 Å². The Morgan fingerprint density at radius 2 is 1.88 bits per heavy atom. The number of aliphatic hydroxyl groups excluding tert-OH is 2. The Labute approximate surface area is 153 Å². The highest BCUT2D eigenvalue weighted by atomic mass is 79.9. The Morgan fingerprint density at radius 1 is 1.16 bits per heavy atom. The number of aliphatic hydroxyl groups is 2. The summed E-state index contributed by atoms with van der Waals surface area (Å²) in [5.74, 6) is -0.615. The first-order valence-electron chi connectivity index (χ1n) is 7.73. The third kappa shape index (κ3) is 5.81. The summed E-state index contributed by atoms with van der Waals surface area (Å²) < 4.78 is 19.2. The molecule has 0 spiro atoms. The number of carbonyl (C=O) groups excluding carboxylic acids is 1. The third-order valence-electron chi connectivity index (χ3n) is 3.58. The Bertz CT molecular complexity index is 678. The zero-order valence-electron chi connectivity index (χ0n) is 13.4. The van der Waals surface area contributed by atoms with E-state index in [1.54, 1.807) is 6.07 Å². The SMILES string of the molecule is O=C(NCCC(O)C(O)c1c(F)cccc1Br)OCc1ccccc1. The van der Waals surface area contributed by atoms with Crippen LogP contribution in [0, 0.1) is 5.82 Å². The molecule has 2 atom stereocenters. The lowest BCUT2D eigenvalue weighted by Gasteiger charge is -2.20. The maximum Gasteiger partial charge on any atom is 0.407 e. The van der Waals surface area contributed by atoms with Crippen molar-refractivity contribution in [2.24, 2.45) is 0 Å². The predicted octanol–water partition coefficient (Wildman–Crippen LogP) is 3.30. The number of alkyl carbamates (subject to hydrolysis) is 1. The lowest BCUT2D eigenvalue weighted by atomic mass is 10.0. The molecule has 0 saturated carbocycles. The molecule has 1 amide bonds. The lowest BCUT2D eigenvalue weighted by Crippen LogP contribution is -2.30. The molecule has 134 valence electrons. The molecule has 0 bridgehead atoms. The van der Waals surface area contributed by atoms with Crippen LogP contribution in [0.15, 0.2) is 53.0 Å². The van der Waals surface area contributed by atoms with Gasteiger partial charge in [0.1, 0.15) is 18.5 Å². The fourth-order valence-electron chi connectivity index (χ4n) is 2.24. The van der Waals surface area contributed by atoms with Gasteiger partial charge < -0.3 is 20.3 Å². The fourth-order valence-corrected chi connectivity index (χ4v) is 2.82. The molecule has 0 aromatic heterocycles. The maximum atomic E-state index is 13.8. The maximum absolute atomic E-state index is 13.8. The first-order chi connectivity index (χ1) is 12.0. The first-order valence-corrected chi connectivity index (χ1v) is 8.53. The van der Waals surface area contributed by atoms with Crippen molar-refractivity contribution in [1.29, 1.82) is 0 Å². The molecular weight excluding hydrogens is 393 g/mol. The smallest absolute Gasteiger partial charge is 0.407 e. The standard InChI is InChI=1S/C18H19BrFNO4/c19-13-7-4-8-14(20)16(13)17(23)15(22)9-10-21-18(24)25-11-12-5-2-1-3-6-12/h1-8,15,17,22-23H,9-11H2,(H,21,24). The van der Waals surface area contributed by atoms with Gasteiger partial charge in [0.2, 0.25) is 0 Å². The van der Waals surface area contributed by atoms with Gasteiger partial charge in [0.05, 0.1) is 6.10 Å². The minimum Gasteiger partial charge on any atom is -0.445 e. The molecular formula is C18H19BrFNO4. The number of amides is 1. The van der Waals surface area contributed by atoms with Crippen molar-refractivity contribution in [2.75, 3.05) is 6.54 Å². The van der Waals surface area contributed by atoms with Gasteiger partial charge in [-0.15, -0.1) is 0 Å². The highest BCUT2D eigenvalue weighted by Crippen LogP contribution is 2.29. The molecule has 0 aliphatic heterocycles. The summed E-state index contributed by atoms with van der Waals surface area (Å²) in [7, 11) is 0. The summed E-state index contributed by atoms with van der Waals surface area (Å²) in [6, 6.07) is 13.5. The molecule has 2 aromatic rings. The van der Waals surface area contributed by atoms with E-state index < -0.39 is 24.1 Å². The van der Waals surface area contributed by atoms with Crippen LogP contribution in [0.4, 0.5) is 9.18 Å². The van der Waals surface area contributed by atoms with Crippen LogP contribution in [0.1, 0.15) is 23.7 Å². The summed E-state index contributed by atoms with van der Waals surface area (Å²) >= 11 is 3.15. The number of nitrogens with one attached hydrogen (secondary N) is 1. The first kappa shape index (κ1) is 19.4. The van der Waals surface area contributed by atoms with Gasteiger partial charge in [0.25, 0.3) is 0 Å². The summed E-state index contributed by atoms with van der Waals surface area (Å²) in [6.45, 7) is 0.220. The van der Waals surface area contributed by atoms with Crippen LogP contribution in [0.3, 0.4) is 0 Å². The van der Waals surface area contributed by atoms with Crippen LogP contribution in [0.25, 0.3) is 0 Å². The largest absolute Gasteiger partial charge is 0.445 e. The average Bonchev–Trinajstić information content (AvgIpc) is 2.60. The highest BCUT2D eigenvalue weighted by molar-refractivity contribution is 9.10. The van der Waals surface area contributed by atoms with Gasteiger partial charge in [-0.3, -0.25) is 0 Å². The molecule has 2 unspecified atom stereocenters. The second-order valence-corrected chi connectivity index (χ2v) is 6.28. The lowest BCUT2D eigenvalue weighted by molar-refractivity contribution is 0.0112. The van der Waals surface area contributed by atoms with E-state index in [1.807, 2.05) is 30.3 Å². The molecule has 0 fully saturated rings.